The van der Waals surface area contributed by atoms with Crippen LogP contribution in [0.25, 0.3) is 0 Å². The van der Waals surface area contributed by atoms with Crippen molar-refractivity contribution < 1.29 is 9.59 Å². The minimum absolute atomic E-state index is 0.0822. The number of carbonyl (C=O) groups excluding carboxylic acids is 2. The molecule has 0 radical (unpaired) electrons. The number of hydrogen-bond acceptors (Lipinski definition) is 3. The third-order valence-electron chi connectivity index (χ3n) is 6.95. The van der Waals surface area contributed by atoms with Crippen LogP contribution in [-0.4, -0.2) is 36.5 Å². The van der Waals surface area contributed by atoms with Crippen molar-refractivity contribution in [3.63, 3.8) is 0 Å². The number of fused-ring (bicyclic) bond motifs is 1. The van der Waals surface area contributed by atoms with Crippen LogP contribution in [0, 0.1) is 11.8 Å². The first-order valence-electron chi connectivity index (χ1n) is 11.0. The molecule has 1 saturated heterocycles. The van der Waals surface area contributed by atoms with Gasteiger partial charge >= 0.3 is 0 Å². The highest BCUT2D eigenvalue weighted by Crippen LogP contribution is 2.38. The Hall–Kier alpha value is -1.88. The predicted octanol–water partition coefficient (Wildman–Crippen LogP) is 3.03. The first kappa shape index (κ1) is 19.4. The third kappa shape index (κ3) is 3.69. The fourth-order valence-electron chi connectivity index (χ4n) is 5.35. The fourth-order valence-corrected chi connectivity index (χ4v) is 5.35. The van der Waals surface area contributed by atoms with Gasteiger partial charge in [-0.2, -0.15) is 0 Å². The van der Waals surface area contributed by atoms with Crippen molar-refractivity contribution in [1.29, 1.82) is 0 Å². The molecule has 5 nitrogen and oxygen atoms in total. The van der Waals surface area contributed by atoms with Crippen molar-refractivity contribution >= 4 is 17.5 Å². The monoisotopic (exact) mass is 383 g/mol. The fraction of sp³-hybridized carbons (Fsp3) is 0.652. The van der Waals surface area contributed by atoms with E-state index in [1.54, 1.807) is 0 Å². The first-order valence-corrected chi connectivity index (χ1v) is 11.0. The van der Waals surface area contributed by atoms with E-state index in [1.165, 1.54) is 5.56 Å². The topological polar surface area (TPSA) is 61.4 Å². The molecule has 0 bridgehead atoms. The normalized spacial score (nSPS) is 32.6. The van der Waals surface area contributed by atoms with E-state index in [9.17, 15) is 9.59 Å². The lowest BCUT2D eigenvalue weighted by Gasteiger charge is -2.37. The lowest BCUT2D eigenvalue weighted by molar-refractivity contribution is -0.136. The Balaban J connectivity index is 1.50. The minimum Gasteiger partial charge on any atom is -0.352 e. The standard InChI is InChI=1S/C23H33N3O2/c1-15-14-17-8-3-6-12-21(17)26(15)23(28)19-10-5-4-9-18(19)22(27)25-20-11-7-13-24-16(20)2/h3,6,8,12,15-16,18-20,24H,4-5,7,9-11,13-14H2,1-2H3,(H,25,27). The molecule has 2 fully saturated rings. The molecule has 1 aromatic carbocycles. The summed E-state index contributed by atoms with van der Waals surface area (Å²) in [6, 6.07) is 8.82. The van der Waals surface area contributed by atoms with Gasteiger partial charge in [-0.3, -0.25) is 9.59 Å². The zero-order chi connectivity index (χ0) is 19.7. The highest BCUT2D eigenvalue weighted by Gasteiger charge is 2.42. The maximum absolute atomic E-state index is 13.6. The zero-order valence-electron chi connectivity index (χ0n) is 17.1. The number of nitrogens with one attached hydrogen (secondary N) is 2. The Morgan fingerprint density at radius 1 is 1.04 bits per heavy atom. The van der Waals surface area contributed by atoms with Crippen LogP contribution in [-0.2, 0) is 16.0 Å². The maximum atomic E-state index is 13.6. The van der Waals surface area contributed by atoms with E-state index < -0.39 is 0 Å². The summed E-state index contributed by atoms with van der Waals surface area (Å²) in [6.45, 7) is 5.27. The van der Waals surface area contributed by atoms with Crippen LogP contribution in [0.15, 0.2) is 24.3 Å². The SMILES string of the molecule is CC1NCCCC1NC(=O)C1CCCCC1C(=O)N1c2ccccc2CC1C. The largest absolute Gasteiger partial charge is 0.352 e. The Morgan fingerprint density at radius 3 is 2.57 bits per heavy atom. The van der Waals surface area contributed by atoms with Crippen molar-refractivity contribution in [2.75, 3.05) is 11.4 Å². The van der Waals surface area contributed by atoms with E-state index in [2.05, 4.69) is 30.5 Å². The highest BCUT2D eigenvalue weighted by molar-refractivity contribution is 6.00. The van der Waals surface area contributed by atoms with Crippen molar-refractivity contribution in [1.82, 2.24) is 10.6 Å². The number of benzene rings is 1. The Labute approximate surface area is 168 Å². The van der Waals surface area contributed by atoms with E-state index in [0.29, 0.717) is 6.04 Å². The smallest absolute Gasteiger partial charge is 0.231 e. The van der Waals surface area contributed by atoms with Crippen molar-refractivity contribution in [2.24, 2.45) is 11.8 Å². The van der Waals surface area contributed by atoms with Crippen LogP contribution < -0.4 is 15.5 Å². The van der Waals surface area contributed by atoms with Crippen LogP contribution >= 0.6 is 0 Å². The third-order valence-corrected chi connectivity index (χ3v) is 6.95. The molecule has 5 heteroatoms. The molecular weight excluding hydrogens is 350 g/mol. The Bertz CT molecular complexity index is 734. The second-order valence-electron chi connectivity index (χ2n) is 8.89. The summed E-state index contributed by atoms with van der Waals surface area (Å²) >= 11 is 0. The van der Waals surface area contributed by atoms with Crippen LogP contribution in [0.5, 0.6) is 0 Å². The summed E-state index contributed by atoms with van der Waals surface area (Å²) in [4.78, 5) is 28.7. The second kappa shape index (κ2) is 8.24. The molecule has 2 aliphatic heterocycles. The van der Waals surface area contributed by atoms with Gasteiger partial charge in [-0.25, -0.2) is 0 Å². The molecule has 1 saturated carbocycles. The van der Waals surface area contributed by atoms with Crippen LogP contribution in [0.2, 0.25) is 0 Å². The van der Waals surface area contributed by atoms with Gasteiger partial charge in [0.1, 0.15) is 0 Å². The summed E-state index contributed by atoms with van der Waals surface area (Å²) in [5.74, 6) is -0.171. The van der Waals surface area contributed by atoms with Gasteiger partial charge in [-0.15, -0.1) is 0 Å². The lowest BCUT2D eigenvalue weighted by Crippen LogP contribution is -2.55. The van der Waals surface area contributed by atoms with Gasteiger partial charge in [-0.1, -0.05) is 31.0 Å². The van der Waals surface area contributed by atoms with Gasteiger partial charge in [0.2, 0.25) is 11.8 Å². The number of piperidine rings is 1. The molecule has 5 unspecified atom stereocenters. The van der Waals surface area contributed by atoms with Gasteiger partial charge in [0.05, 0.1) is 5.92 Å². The number of anilines is 1. The average molecular weight is 384 g/mol. The van der Waals surface area contributed by atoms with Gasteiger partial charge in [-0.05, 0) is 64.1 Å². The number of amides is 2. The van der Waals surface area contributed by atoms with E-state index >= 15 is 0 Å². The van der Waals surface area contributed by atoms with Crippen molar-refractivity contribution in [3.05, 3.63) is 29.8 Å². The second-order valence-corrected chi connectivity index (χ2v) is 8.89. The molecule has 0 spiro atoms. The van der Waals surface area contributed by atoms with E-state index in [0.717, 1.165) is 57.2 Å². The summed E-state index contributed by atoms with van der Waals surface area (Å²) in [7, 11) is 0. The van der Waals surface area contributed by atoms with Crippen LogP contribution in [0.4, 0.5) is 5.69 Å². The molecule has 2 amide bonds. The molecule has 5 atom stereocenters. The Kier molecular flexibility index (Phi) is 5.72. The van der Waals surface area contributed by atoms with Crippen molar-refractivity contribution in [3.8, 4) is 0 Å². The highest BCUT2D eigenvalue weighted by atomic mass is 16.2. The van der Waals surface area contributed by atoms with Crippen molar-refractivity contribution in [2.45, 2.75) is 76.9 Å². The molecule has 1 aromatic rings. The van der Waals surface area contributed by atoms with Gasteiger partial charge < -0.3 is 15.5 Å². The van der Waals surface area contributed by atoms with Crippen LogP contribution in [0.1, 0.15) is 57.9 Å². The predicted molar refractivity (Wildman–Crippen MR) is 111 cm³/mol. The average Bonchev–Trinajstić information content (AvgIpc) is 3.05. The minimum atomic E-state index is -0.200. The molecule has 4 rings (SSSR count). The summed E-state index contributed by atoms with van der Waals surface area (Å²) < 4.78 is 0. The molecule has 28 heavy (non-hydrogen) atoms. The zero-order valence-corrected chi connectivity index (χ0v) is 17.1. The molecular formula is C23H33N3O2. The van der Waals surface area contributed by atoms with Gasteiger partial charge in [0.15, 0.2) is 0 Å². The maximum Gasteiger partial charge on any atom is 0.231 e. The summed E-state index contributed by atoms with van der Waals surface area (Å²) in [6.07, 6.45) is 6.71. The Morgan fingerprint density at radius 2 is 1.79 bits per heavy atom. The number of hydrogen-bond donors (Lipinski definition) is 2. The molecule has 2 heterocycles. The molecule has 1 aliphatic carbocycles. The molecule has 3 aliphatic rings. The number of rotatable bonds is 3. The quantitative estimate of drug-likeness (QED) is 0.843. The van der Waals surface area contributed by atoms with E-state index in [4.69, 9.17) is 0 Å². The van der Waals surface area contributed by atoms with E-state index in [-0.39, 0.29) is 35.7 Å². The van der Waals surface area contributed by atoms with E-state index in [1.807, 2.05) is 23.1 Å². The first-order chi connectivity index (χ1) is 13.6. The number of nitrogens with zero attached hydrogens (tertiary/aromatic N) is 1. The molecule has 2 N–H and O–H groups in total. The van der Waals surface area contributed by atoms with Gasteiger partial charge in [0, 0.05) is 29.7 Å². The molecule has 0 aromatic heterocycles. The van der Waals surface area contributed by atoms with Crippen LogP contribution in [0.3, 0.4) is 0 Å². The van der Waals surface area contributed by atoms with Gasteiger partial charge in [0.25, 0.3) is 0 Å². The molecule has 152 valence electrons. The number of para-hydroxylation sites is 1. The summed E-state index contributed by atoms with van der Waals surface area (Å²) in [5, 5.41) is 6.72. The number of carbonyl (C=O) groups is 2. The summed E-state index contributed by atoms with van der Waals surface area (Å²) in [5.41, 5.74) is 2.28. The lowest BCUT2D eigenvalue weighted by atomic mass is 9.77.